The van der Waals surface area contributed by atoms with Crippen LogP contribution in [0, 0.1) is 0 Å². The van der Waals surface area contributed by atoms with Gasteiger partial charge in [-0.2, -0.15) is 0 Å². The van der Waals surface area contributed by atoms with E-state index in [0.717, 1.165) is 22.9 Å². The van der Waals surface area contributed by atoms with Crippen LogP contribution in [-0.4, -0.2) is 20.4 Å². The van der Waals surface area contributed by atoms with Gasteiger partial charge in [-0.25, -0.2) is 0 Å². The van der Waals surface area contributed by atoms with Gasteiger partial charge in [-0.1, -0.05) is 0 Å². The number of nitrogens with one attached hydrogen (secondary N) is 1. The van der Waals surface area contributed by atoms with Gasteiger partial charge in [0.05, 0.1) is 19.9 Å². The second kappa shape index (κ2) is 7.75. The molecule has 0 saturated carbocycles. The molecule has 0 aliphatic carbocycles. The number of hydrogen-bond acceptors (Lipinski definition) is 4. The molecule has 0 atom stereocenters. The monoisotopic (exact) mass is 282 g/mol. The Morgan fingerprint density at radius 2 is 1.43 bits per heavy atom. The van der Waals surface area contributed by atoms with Crippen molar-refractivity contribution in [1.29, 1.82) is 0 Å². The second-order valence-corrected chi connectivity index (χ2v) is 4.21. The molecule has 0 heterocycles. The van der Waals surface area contributed by atoms with Crippen LogP contribution in [0.25, 0.3) is 0 Å². The molecular formula is C17H18N2O2. The number of rotatable bonds is 6. The number of hydrogen-bond donors (Lipinski definition) is 1. The van der Waals surface area contributed by atoms with Crippen molar-refractivity contribution in [3.63, 3.8) is 0 Å². The average Bonchev–Trinajstić information content (AvgIpc) is 2.55. The van der Waals surface area contributed by atoms with Crippen molar-refractivity contribution in [3.8, 4) is 11.5 Å². The van der Waals surface area contributed by atoms with Crippen molar-refractivity contribution in [2.75, 3.05) is 19.5 Å². The maximum Gasteiger partial charge on any atom is 0.119 e. The van der Waals surface area contributed by atoms with Crippen molar-refractivity contribution >= 4 is 17.6 Å². The average molecular weight is 282 g/mol. The third-order valence-corrected chi connectivity index (χ3v) is 2.82. The molecule has 2 aromatic rings. The predicted molar refractivity (Wildman–Crippen MR) is 86.9 cm³/mol. The fourth-order valence-electron chi connectivity index (χ4n) is 1.67. The van der Waals surface area contributed by atoms with Crippen LogP contribution >= 0.6 is 0 Å². The number of allylic oxidation sites excluding steroid dienone is 1. The number of methoxy groups -OCH3 is 2. The van der Waals surface area contributed by atoms with E-state index in [9.17, 15) is 0 Å². The summed E-state index contributed by atoms with van der Waals surface area (Å²) >= 11 is 0. The van der Waals surface area contributed by atoms with Gasteiger partial charge in [0.2, 0.25) is 0 Å². The Kier molecular flexibility index (Phi) is 5.41. The highest BCUT2D eigenvalue weighted by Crippen LogP contribution is 2.17. The smallest absolute Gasteiger partial charge is 0.119 e. The molecule has 0 fully saturated rings. The lowest BCUT2D eigenvalue weighted by Crippen LogP contribution is -1.88. The van der Waals surface area contributed by atoms with Crippen molar-refractivity contribution in [2.24, 2.45) is 4.99 Å². The second-order valence-electron chi connectivity index (χ2n) is 4.21. The Morgan fingerprint density at radius 1 is 0.857 bits per heavy atom. The molecule has 2 aromatic carbocycles. The summed E-state index contributed by atoms with van der Waals surface area (Å²) in [5, 5.41) is 3.15. The highest BCUT2D eigenvalue weighted by Gasteiger charge is 1.91. The lowest BCUT2D eigenvalue weighted by molar-refractivity contribution is 0.415. The molecule has 4 nitrogen and oxygen atoms in total. The molecule has 0 saturated heterocycles. The first-order valence-corrected chi connectivity index (χ1v) is 6.55. The number of aliphatic imine (C=N–C) groups is 1. The molecular weight excluding hydrogens is 264 g/mol. The Labute approximate surface area is 124 Å². The van der Waals surface area contributed by atoms with E-state index in [1.807, 2.05) is 60.8 Å². The molecule has 0 aliphatic rings. The summed E-state index contributed by atoms with van der Waals surface area (Å²) in [6.45, 7) is 0. The SMILES string of the molecule is COc1ccc(N=CC=CNc2ccc(OC)cc2)cc1. The standard InChI is InChI=1S/C17H18N2O2/c1-20-16-8-4-14(5-9-16)18-12-3-13-19-15-6-10-17(21-2)11-7-15/h3-13,18H,1-2H3. The molecule has 2 rings (SSSR count). The van der Waals surface area contributed by atoms with E-state index in [1.165, 1.54) is 0 Å². The van der Waals surface area contributed by atoms with Crippen LogP contribution in [0.3, 0.4) is 0 Å². The Hall–Kier alpha value is -2.75. The molecule has 0 bridgehead atoms. The Morgan fingerprint density at radius 3 is 2.00 bits per heavy atom. The third kappa shape index (κ3) is 4.69. The molecule has 1 N–H and O–H groups in total. The molecule has 108 valence electrons. The summed E-state index contributed by atoms with van der Waals surface area (Å²) in [7, 11) is 3.30. The third-order valence-electron chi connectivity index (χ3n) is 2.82. The van der Waals surface area contributed by atoms with Crippen LogP contribution in [0.4, 0.5) is 11.4 Å². The van der Waals surface area contributed by atoms with Crippen LogP contribution in [0.15, 0.2) is 65.8 Å². The zero-order chi connectivity index (χ0) is 14.9. The normalized spacial score (nSPS) is 11.0. The largest absolute Gasteiger partial charge is 0.497 e. The molecule has 21 heavy (non-hydrogen) atoms. The van der Waals surface area contributed by atoms with Gasteiger partial charge in [0, 0.05) is 18.1 Å². The number of ether oxygens (including phenoxy) is 2. The first-order valence-electron chi connectivity index (χ1n) is 6.55. The fraction of sp³-hybridized carbons (Fsp3) is 0.118. The molecule has 0 aromatic heterocycles. The minimum absolute atomic E-state index is 0.825. The minimum atomic E-state index is 0.825. The van der Waals surface area contributed by atoms with Crippen molar-refractivity contribution < 1.29 is 9.47 Å². The summed E-state index contributed by atoms with van der Waals surface area (Å²) in [5.41, 5.74) is 1.87. The van der Waals surface area contributed by atoms with Crippen LogP contribution in [-0.2, 0) is 0 Å². The highest BCUT2D eigenvalue weighted by molar-refractivity contribution is 5.75. The van der Waals surface area contributed by atoms with E-state index >= 15 is 0 Å². The van der Waals surface area contributed by atoms with E-state index in [0.29, 0.717) is 0 Å². The van der Waals surface area contributed by atoms with Crippen LogP contribution < -0.4 is 14.8 Å². The highest BCUT2D eigenvalue weighted by atomic mass is 16.5. The number of anilines is 1. The molecule has 0 aliphatic heterocycles. The zero-order valence-corrected chi connectivity index (χ0v) is 12.1. The van der Waals surface area contributed by atoms with Gasteiger partial charge >= 0.3 is 0 Å². The van der Waals surface area contributed by atoms with E-state index < -0.39 is 0 Å². The van der Waals surface area contributed by atoms with Crippen molar-refractivity contribution in [1.82, 2.24) is 0 Å². The molecule has 0 unspecified atom stereocenters. The quantitative estimate of drug-likeness (QED) is 0.813. The number of nitrogens with zero attached hydrogens (tertiary/aromatic N) is 1. The molecule has 0 spiro atoms. The Balaban J connectivity index is 1.84. The van der Waals surface area contributed by atoms with Crippen LogP contribution in [0.2, 0.25) is 0 Å². The van der Waals surface area contributed by atoms with Gasteiger partial charge in [0.15, 0.2) is 0 Å². The van der Waals surface area contributed by atoms with E-state index in [-0.39, 0.29) is 0 Å². The molecule has 0 amide bonds. The van der Waals surface area contributed by atoms with Gasteiger partial charge in [-0.05, 0) is 54.6 Å². The minimum Gasteiger partial charge on any atom is -0.497 e. The van der Waals surface area contributed by atoms with Crippen molar-refractivity contribution in [3.05, 3.63) is 60.8 Å². The van der Waals surface area contributed by atoms with Gasteiger partial charge < -0.3 is 14.8 Å². The number of benzene rings is 2. The Bertz CT molecular complexity index is 602. The first kappa shape index (κ1) is 14.7. The predicted octanol–water partition coefficient (Wildman–Crippen LogP) is 4.03. The first-order chi connectivity index (χ1) is 10.3. The molecule has 0 radical (unpaired) electrons. The summed E-state index contributed by atoms with van der Waals surface area (Å²) < 4.78 is 10.2. The van der Waals surface area contributed by atoms with Gasteiger partial charge in [0.25, 0.3) is 0 Å². The van der Waals surface area contributed by atoms with Crippen LogP contribution in [0.5, 0.6) is 11.5 Å². The maximum absolute atomic E-state index is 5.10. The van der Waals surface area contributed by atoms with E-state index in [4.69, 9.17) is 9.47 Å². The van der Waals surface area contributed by atoms with Gasteiger partial charge in [-0.15, -0.1) is 0 Å². The van der Waals surface area contributed by atoms with E-state index in [1.54, 1.807) is 20.4 Å². The van der Waals surface area contributed by atoms with Gasteiger partial charge in [0.1, 0.15) is 11.5 Å². The van der Waals surface area contributed by atoms with Crippen molar-refractivity contribution in [2.45, 2.75) is 0 Å². The topological polar surface area (TPSA) is 42.8 Å². The summed E-state index contributed by atoms with van der Waals surface area (Å²) in [6.07, 6.45) is 5.40. The maximum atomic E-state index is 5.10. The van der Waals surface area contributed by atoms with E-state index in [2.05, 4.69) is 10.3 Å². The fourth-order valence-corrected chi connectivity index (χ4v) is 1.67. The zero-order valence-electron chi connectivity index (χ0n) is 12.1. The lowest BCUT2D eigenvalue weighted by atomic mass is 10.3. The lowest BCUT2D eigenvalue weighted by Gasteiger charge is -2.02. The molecule has 4 heteroatoms. The van der Waals surface area contributed by atoms with Gasteiger partial charge in [-0.3, -0.25) is 4.99 Å². The summed E-state index contributed by atoms with van der Waals surface area (Å²) in [5.74, 6) is 1.66. The summed E-state index contributed by atoms with van der Waals surface area (Å²) in [6, 6.07) is 15.3. The van der Waals surface area contributed by atoms with Crippen LogP contribution in [0.1, 0.15) is 0 Å². The summed E-state index contributed by atoms with van der Waals surface area (Å²) in [4.78, 5) is 4.31.